The van der Waals surface area contributed by atoms with Crippen LogP contribution >= 0.6 is 0 Å². The Morgan fingerprint density at radius 1 is 1.14 bits per heavy atom. The van der Waals surface area contributed by atoms with Gasteiger partial charge in [-0.2, -0.15) is 5.10 Å². The standard InChI is InChI=1S/C26H31N5O4/c1-17-8-6-12-21(18(17)2)28-24(32)16-30(15-20-11-7-13-35-20)26(34)22-14-23(25(27)33)31(29-22)19-9-4-3-5-10-19/h3-6,8-10,12,20,23H,7,11,13-16H2,1-2H3,(H2,27,33)(H,28,32). The lowest BCUT2D eigenvalue weighted by Gasteiger charge is -2.25. The fourth-order valence-electron chi connectivity index (χ4n) is 4.37. The van der Waals surface area contributed by atoms with E-state index in [9.17, 15) is 14.4 Å². The lowest BCUT2D eigenvalue weighted by Crippen LogP contribution is -2.45. The zero-order valence-electron chi connectivity index (χ0n) is 20.1. The number of nitrogens with zero attached hydrogens (tertiary/aromatic N) is 3. The molecule has 0 aromatic heterocycles. The third-order valence-corrected chi connectivity index (χ3v) is 6.45. The summed E-state index contributed by atoms with van der Waals surface area (Å²) in [5.41, 5.74) is 9.23. The minimum absolute atomic E-state index is 0.0731. The number of hydrazone groups is 1. The molecule has 1 fully saturated rings. The first kappa shape index (κ1) is 24.4. The van der Waals surface area contributed by atoms with Crippen molar-refractivity contribution in [2.75, 3.05) is 30.0 Å². The Balaban J connectivity index is 1.54. The van der Waals surface area contributed by atoms with Crippen molar-refractivity contribution in [2.45, 2.75) is 45.3 Å². The van der Waals surface area contributed by atoms with Gasteiger partial charge in [-0.05, 0) is 56.0 Å². The van der Waals surface area contributed by atoms with Gasteiger partial charge in [-0.1, -0.05) is 30.3 Å². The van der Waals surface area contributed by atoms with Crippen LogP contribution in [0.25, 0.3) is 0 Å². The number of ether oxygens (including phenoxy) is 1. The largest absolute Gasteiger partial charge is 0.376 e. The van der Waals surface area contributed by atoms with Gasteiger partial charge in [0, 0.05) is 25.3 Å². The van der Waals surface area contributed by atoms with Crippen molar-refractivity contribution in [3.8, 4) is 0 Å². The van der Waals surface area contributed by atoms with Crippen molar-refractivity contribution in [3.63, 3.8) is 0 Å². The van der Waals surface area contributed by atoms with E-state index in [1.165, 1.54) is 9.91 Å². The molecule has 2 aromatic rings. The summed E-state index contributed by atoms with van der Waals surface area (Å²) < 4.78 is 5.73. The number of primary amides is 1. The molecule has 0 aliphatic carbocycles. The van der Waals surface area contributed by atoms with E-state index < -0.39 is 17.9 Å². The van der Waals surface area contributed by atoms with Crippen LogP contribution < -0.4 is 16.1 Å². The van der Waals surface area contributed by atoms with E-state index in [1.54, 1.807) is 12.1 Å². The normalized spacial score (nSPS) is 19.4. The molecule has 9 heteroatoms. The maximum atomic E-state index is 13.6. The van der Waals surface area contributed by atoms with E-state index in [0.29, 0.717) is 18.0 Å². The molecular weight excluding hydrogens is 446 g/mol. The Bertz CT molecular complexity index is 1130. The monoisotopic (exact) mass is 477 g/mol. The summed E-state index contributed by atoms with van der Waals surface area (Å²) in [5.74, 6) is -1.28. The number of carbonyl (C=O) groups is 3. The fourth-order valence-corrected chi connectivity index (χ4v) is 4.37. The zero-order chi connectivity index (χ0) is 24.9. The lowest BCUT2D eigenvalue weighted by molar-refractivity contribution is -0.130. The molecule has 0 radical (unpaired) electrons. The Morgan fingerprint density at radius 3 is 2.60 bits per heavy atom. The van der Waals surface area contributed by atoms with Crippen molar-refractivity contribution < 1.29 is 19.1 Å². The molecule has 2 atom stereocenters. The summed E-state index contributed by atoms with van der Waals surface area (Å²) in [6.45, 7) is 4.66. The predicted octanol–water partition coefficient (Wildman–Crippen LogP) is 2.37. The van der Waals surface area contributed by atoms with Crippen LogP contribution in [0.5, 0.6) is 0 Å². The summed E-state index contributed by atoms with van der Waals surface area (Å²) in [7, 11) is 0. The number of nitrogens with two attached hydrogens (primary N) is 1. The predicted molar refractivity (Wildman–Crippen MR) is 134 cm³/mol. The van der Waals surface area contributed by atoms with Gasteiger partial charge < -0.3 is 20.7 Å². The maximum Gasteiger partial charge on any atom is 0.270 e. The van der Waals surface area contributed by atoms with Gasteiger partial charge in [0.1, 0.15) is 18.3 Å². The highest BCUT2D eigenvalue weighted by atomic mass is 16.5. The highest BCUT2D eigenvalue weighted by Gasteiger charge is 2.37. The van der Waals surface area contributed by atoms with Gasteiger partial charge in [0.05, 0.1) is 11.8 Å². The van der Waals surface area contributed by atoms with Gasteiger partial charge in [0.2, 0.25) is 11.8 Å². The Labute approximate surface area is 204 Å². The van der Waals surface area contributed by atoms with Gasteiger partial charge in [-0.3, -0.25) is 19.4 Å². The summed E-state index contributed by atoms with van der Waals surface area (Å²) >= 11 is 0. The highest BCUT2D eigenvalue weighted by molar-refractivity contribution is 6.40. The molecule has 0 bridgehead atoms. The van der Waals surface area contributed by atoms with Crippen LogP contribution in [-0.4, -0.2) is 60.2 Å². The van der Waals surface area contributed by atoms with E-state index in [0.717, 1.165) is 24.0 Å². The van der Waals surface area contributed by atoms with Crippen LogP contribution in [0.1, 0.15) is 30.4 Å². The van der Waals surface area contributed by atoms with Crippen molar-refractivity contribution in [2.24, 2.45) is 10.8 Å². The molecule has 3 amide bonds. The van der Waals surface area contributed by atoms with Crippen LogP contribution in [0.15, 0.2) is 53.6 Å². The average molecular weight is 478 g/mol. The molecule has 2 unspecified atom stereocenters. The zero-order valence-corrected chi connectivity index (χ0v) is 20.1. The topological polar surface area (TPSA) is 117 Å². The number of hydrogen-bond acceptors (Lipinski definition) is 6. The van der Waals surface area contributed by atoms with Gasteiger partial charge >= 0.3 is 0 Å². The lowest BCUT2D eigenvalue weighted by atomic mass is 10.1. The summed E-state index contributed by atoms with van der Waals surface area (Å²) in [4.78, 5) is 40.1. The molecular formula is C26H31N5O4. The van der Waals surface area contributed by atoms with E-state index >= 15 is 0 Å². The molecule has 0 spiro atoms. The fraction of sp³-hybridized carbons (Fsp3) is 0.385. The van der Waals surface area contributed by atoms with Gasteiger partial charge in [0.15, 0.2) is 0 Å². The molecule has 2 aromatic carbocycles. The number of hydrogen-bond donors (Lipinski definition) is 2. The number of para-hydroxylation sites is 1. The van der Waals surface area contributed by atoms with Gasteiger partial charge in [-0.15, -0.1) is 0 Å². The van der Waals surface area contributed by atoms with E-state index in [-0.39, 0.29) is 37.2 Å². The number of benzene rings is 2. The molecule has 2 aliphatic rings. The number of carbonyl (C=O) groups excluding carboxylic acids is 3. The second kappa shape index (κ2) is 10.7. The number of aryl methyl sites for hydroxylation is 1. The average Bonchev–Trinajstić information content (AvgIpc) is 3.52. The minimum Gasteiger partial charge on any atom is -0.376 e. The van der Waals surface area contributed by atoms with E-state index in [4.69, 9.17) is 10.5 Å². The maximum absolute atomic E-state index is 13.6. The van der Waals surface area contributed by atoms with Crippen LogP contribution in [0.2, 0.25) is 0 Å². The summed E-state index contributed by atoms with van der Waals surface area (Å²) in [6, 6.07) is 14.0. The third-order valence-electron chi connectivity index (χ3n) is 6.45. The Kier molecular flexibility index (Phi) is 7.45. The van der Waals surface area contributed by atoms with Crippen molar-refractivity contribution in [1.29, 1.82) is 0 Å². The van der Waals surface area contributed by atoms with Gasteiger partial charge in [-0.25, -0.2) is 0 Å². The molecule has 35 heavy (non-hydrogen) atoms. The Morgan fingerprint density at radius 2 is 1.91 bits per heavy atom. The molecule has 0 saturated carbocycles. The third kappa shape index (κ3) is 5.68. The summed E-state index contributed by atoms with van der Waals surface area (Å²) in [5, 5.41) is 8.86. The highest BCUT2D eigenvalue weighted by Crippen LogP contribution is 2.25. The quantitative estimate of drug-likeness (QED) is 0.605. The number of nitrogens with one attached hydrogen (secondary N) is 1. The summed E-state index contributed by atoms with van der Waals surface area (Å²) in [6.07, 6.45) is 1.65. The van der Waals surface area contributed by atoms with Crippen LogP contribution in [-0.2, 0) is 19.1 Å². The van der Waals surface area contributed by atoms with Crippen molar-refractivity contribution in [3.05, 3.63) is 59.7 Å². The minimum atomic E-state index is -0.773. The van der Waals surface area contributed by atoms with Crippen molar-refractivity contribution in [1.82, 2.24) is 4.90 Å². The molecule has 184 valence electrons. The number of anilines is 2. The SMILES string of the molecule is Cc1cccc(NC(=O)CN(CC2CCCO2)C(=O)C2=NN(c3ccccc3)C(C(N)=O)C2)c1C. The molecule has 4 rings (SSSR count). The van der Waals surface area contributed by atoms with Crippen LogP contribution in [0, 0.1) is 13.8 Å². The first-order valence-corrected chi connectivity index (χ1v) is 11.8. The van der Waals surface area contributed by atoms with Crippen molar-refractivity contribution >= 4 is 34.8 Å². The molecule has 2 aliphatic heterocycles. The number of rotatable bonds is 8. The van der Waals surface area contributed by atoms with Gasteiger partial charge in [0.25, 0.3) is 5.91 Å². The Hall–Kier alpha value is -3.72. The van der Waals surface area contributed by atoms with E-state index in [1.807, 2.05) is 50.2 Å². The van der Waals surface area contributed by atoms with Crippen LogP contribution in [0.3, 0.4) is 0 Å². The second-order valence-corrected chi connectivity index (χ2v) is 8.97. The smallest absolute Gasteiger partial charge is 0.270 e. The second-order valence-electron chi connectivity index (χ2n) is 8.97. The molecule has 3 N–H and O–H groups in total. The first-order chi connectivity index (χ1) is 16.8. The molecule has 2 heterocycles. The molecule has 9 nitrogen and oxygen atoms in total. The van der Waals surface area contributed by atoms with Crippen LogP contribution in [0.4, 0.5) is 11.4 Å². The number of amides is 3. The van der Waals surface area contributed by atoms with E-state index in [2.05, 4.69) is 10.4 Å². The molecule has 1 saturated heterocycles. The first-order valence-electron chi connectivity index (χ1n) is 11.8.